The first-order valence-corrected chi connectivity index (χ1v) is 11.2. The number of carboxylic acids is 2. The number of aliphatic carboxylic acids is 2. The van der Waals surface area contributed by atoms with Gasteiger partial charge in [0.2, 0.25) is 0 Å². The Morgan fingerprint density at radius 3 is 2.22 bits per heavy atom. The first-order chi connectivity index (χ1) is 17.5. The molecule has 3 N–H and O–H groups in total. The van der Waals surface area contributed by atoms with Crippen LogP contribution in [0.2, 0.25) is 0 Å². The largest absolute Gasteiger partial charge is 0.573 e. The van der Waals surface area contributed by atoms with E-state index in [1.807, 2.05) is 19.1 Å². The zero-order valence-corrected chi connectivity index (χ0v) is 19.9. The van der Waals surface area contributed by atoms with E-state index >= 15 is 0 Å². The van der Waals surface area contributed by atoms with Gasteiger partial charge in [-0.2, -0.15) is 0 Å². The molecule has 0 spiro atoms. The molecule has 1 aromatic carbocycles. The van der Waals surface area contributed by atoms with Gasteiger partial charge in [-0.15, -0.1) is 13.2 Å². The number of amides is 2. The molecule has 13 heteroatoms. The van der Waals surface area contributed by atoms with E-state index in [4.69, 9.17) is 10.2 Å². The fourth-order valence-electron chi connectivity index (χ4n) is 3.60. The molecule has 1 unspecified atom stereocenters. The van der Waals surface area contributed by atoms with Gasteiger partial charge in [-0.3, -0.25) is 9.88 Å². The lowest BCUT2D eigenvalue weighted by molar-refractivity contribution is -0.274. The van der Waals surface area contributed by atoms with E-state index in [9.17, 15) is 27.6 Å². The maximum Gasteiger partial charge on any atom is 0.573 e. The van der Waals surface area contributed by atoms with Crippen molar-refractivity contribution in [3.05, 3.63) is 66.5 Å². The number of likely N-dealkylation sites (N-methyl/N-ethyl adjacent to an activating group) is 1. The topological polar surface area (TPSA) is 132 Å². The maximum atomic E-state index is 12.7. The highest BCUT2D eigenvalue weighted by molar-refractivity contribution is 5.90. The van der Waals surface area contributed by atoms with Gasteiger partial charge in [-0.05, 0) is 55.3 Å². The number of rotatable bonds is 8. The van der Waals surface area contributed by atoms with E-state index in [0.717, 1.165) is 26.1 Å². The molecular formula is C24H27F3N4O6. The van der Waals surface area contributed by atoms with Gasteiger partial charge in [0.1, 0.15) is 5.75 Å². The monoisotopic (exact) mass is 524 g/mol. The van der Waals surface area contributed by atoms with Crippen LogP contribution in [0.5, 0.6) is 5.75 Å². The predicted octanol–water partition coefficient (Wildman–Crippen LogP) is 3.82. The Morgan fingerprint density at radius 2 is 1.70 bits per heavy atom. The van der Waals surface area contributed by atoms with Gasteiger partial charge in [0.25, 0.3) is 0 Å². The molecule has 2 amide bonds. The van der Waals surface area contributed by atoms with Crippen LogP contribution in [0.3, 0.4) is 0 Å². The summed E-state index contributed by atoms with van der Waals surface area (Å²) in [5.74, 6) is -2.84. The van der Waals surface area contributed by atoms with Gasteiger partial charge in [0.15, 0.2) is 0 Å². The summed E-state index contributed by atoms with van der Waals surface area (Å²) < 4.78 is 40.6. The molecule has 0 saturated carbocycles. The third-order valence-corrected chi connectivity index (χ3v) is 5.15. The number of carbonyl (C=O) groups excluding carboxylic acids is 1. The van der Waals surface area contributed by atoms with E-state index in [1.165, 1.54) is 29.8 Å². The SMILES string of the molecule is CCN(C(=O)Nc1ccc(OC(F)(F)F)cc1)C1CCN(Cc2ccncc2)C1.O=C(O)/C=C\C(=O)O. The normalized spacial score (nSPS) is 15.5. The van der Waals surface area contributed by atoms with Crippen LogP contribution in [0.1, 0.15) is 18.9 Å². The van der Waals surface area contributed by atoms with Crippen molar-refractivity contribution in [3.63, 3.8) is 0 Å². The summed E-state index contributed by atoms with van der Waals surface area (Å²) in [7, 11) is 0. The second kappa shape index (κ2) is 13.8. The van der Waals surface area contributed by atoms with Crippen LogP contribution in [0.4, 0.5) is 23.7 Å². The molecule has 1 saturated heterocycles. The Bertz CT molecular complexity index is 1050. The van der Waals surface area contributed by atoms with Crippen molar-refractivity contribution in [1.82, 2.24) is 14.8 Å². The summed E-state index contributed by atoms with van der Waals surface area (Å²) in [5.41, 5.74) is 1.59. The van der Waals surface area contributed by atoms with Gasteiger partial charge in [-0.25, -0.2) is 14.4 Å². The molecule has 0 aliphatic carbocycles. The quantitative estimate of drug-likeness (QED) is 0.444. The minimum atomic E-state index is -4.74. The predicted molar refractivity (Wildman–Crippen MR) is 127 cm³/mol. The standard InChI is InChI=1S/C20H23F3N4O2.C4H4O4/c1-2-27(17-9-12-26(14-17)13-15-7-10-24-11-8-15)19(28)25-16-3-5-18(6-4-16)29-20(21,22)23;5-3(6)1-2-4(7)8/h3-8,10-11,17H,2,9,12-14H2,1H3,(H,25,28);1-2H,(H,5,6)(H,7,8)/b;2-1-. The number of benzene rings is 1. The number of nitrogens with one attached hydrogen (secondary N) is 1. The highest BCUT2D eigenvalue weighted by Crippen LogP contribution is 2.24. The number of anilines is 1. The Hall–Kier alpha value is -4.13. The molecular weight excluding hydrogens is 497 g/mol. The highest BCUT2D eigenvalue weighted by Gasteiger charge is 2.31. The summed E-state index contributed by atoms with van der Waals surface area (Å²) in [6, 6.07) is 8.88. The number of alkyl halides is 3. The Balaban J connectivity index is 0.000000521. The molecule has 1 atom stereocenters. The second-order valence-corrected chi connectivity index (χ2v) is 7.83. The summed E-state index contributed by atoms with van der Waals surface area (Å²) in [5, 5.41) is 18.4. The van der Waals surface area contributed by atoms with Crippen LogP contribution < -0.4 is 10.1 Å². The van der Waals surface area contributed by atoms with Crippen LogP contribution >= 0.6 is 0 Å². The van der Waals surface area contributed by atoms with Crippen molar-refractivity contribution >= 4 is 23.7 Å². The zero-order valence-electron chi connectivity index (χ0n) is 19.9. The molecule has 1 aliphatic heterocycles. The van der Waals surface area contributed by atoms with Crippen molar-refractivity contribution in [2.75, 3.05) is 25.0 Å². The summed E-state index contributed by atoms with van der Waals surface area (Å²) in [4.78, 5) is 39.9. The number of ether oxygens (including phenoxy) is 1. The highest BCUT2D eigenvalue weighted by atomic mass is 19.4. The number of aromatic nitrogens is 1. The third-order valence-electron chi connectivity index (χ3n) is 5.15. The van der Waals surface area contributed by atoms with Crippen LogP contribution in [0.25, 0.3) is 0 Å². The van der Waals surface area contributed by atoms with Crippen molar-refractivity contribution in [2.24, 2.45) is 0 Å². The summed E-state index contributed by atoms with van der Waals surface area (Å²) in [6.45, 7) is 4.90. The number of hydrogen-bond acceptors (Lipinski definition) is 6. The Morgan fingerprint density at radius 1 is 1.11 bits per heavy atom. The number of halogens is 3. The number of hydrogen-bond donors (Lipinski definition) is 3. The number of carbonyl (C=O) groups is 3. The van der Waals surface area contributed by atoms with Gasteiger partial charge in [-0.1, -0.05) is 0 Å². The number of carboxylic acid groups (broad SMARTS) is 2. The first-order valence-electron chi connectivity index (χ1n) is 11.2. The van der Waals surface area contributed by atoms with E-state index in [2.05, 4.69) is 19.9 Å². The lowest BCUT2D eigenvalue weighted by Crippen LogP contribution is -2.44. The average Bonchev–Trinajstić information content (AvgIpc) is 3.27. The summed E-state index contributed by atoms with van der Waals surface area (Å²) in [6.07, 6.45) is 0.767. The van der Waals surface area contributed by atoms with Crippen molar-refractivity contribution in [3.8, 4) is 5.75 Å². The second-order valence-electron chi connectivity index (χ2n) is 7.83. The Labute approximate surface area is 211 Å². The molecule has 1 fully saturated rings. The lowest BCUT2D eigenvalue weighted by atomic mass is 10.2. The number of nitrogens with zero attached hydrogens (tertiary/aromatic N) is 3. The van der Waals surface area contributed by atoms with Crippen LogP contribution in [-0.2, 0) is 16.1 Å². The molecule has 2 heterocycles. The van der Waals surface area contributed by atoms with Gasteiger partial charge < -0.3 is 25.2 Å². The number of likely N-dealkylation sites (tertiary alicyclic amines) is 1. The molecule has 37 heavy (non-hydrogen) atoms. The maximum absolute atomic E-state index is 12.7. The number of pyridine rings is 1. The summed E-state index contributed by atoms with van der Waals surface area (Å²) >= 11 is 0. The van der Waals surface area contributed by atoms with E-state index < -0.39 is 18.3 Å². The van der Waals surface area contributed by atoms with Crippen LogP contribution in [0, 0.1) is 0 Å². The molecule has 0 bridgehead atoms. The van der Waals surface area contributed by atoms with Crippen LogP contribution in [0.15, 0.2) is 60.9 Å². The van der Waals surface area contributed by atoms with Crippen LogP contribution in [-0.4, -0.2) is 75.0 Å². The fraction of sp³-hybridized carbons (Fsp3) is 0.333. The van der Waals surface area contributed by atoms with E-state index in [1.54, 1.807) is 17.3 Å². The first kappa shape index (κ1) is 29.1. The van der Waals surface area contributed by atoms with E-state index in [-0.39, 0.29) is 17.8 Å². The molecule has 200 valence electrons. The van der Waals surface area contributed by atoms with Crippen molar-refractivity contribution in [2.45, 2.75) is 32.3 Å². The lowest BCUT2D eigenvalue weighted by Gasteiger charge is -2.28. The van der Waals surface area contributed by atoms with E-state index in [0.29, 0.717) is 24.4 Å². The molecule has 10 nitrogen and oxygen atoms in total. The van der Waals surface area contributed by atoms with Gasteiger partial charge >= 0.3 is 24.3 Å². The molecule has 1 aromatic heterocycles. The molecule has 2 aromatic rings. The Kier molecular flexibility index (Phi) is 10.9. The number of urea groups is 1. The van der Waals surface area contributed by atoms with Gasteiger partial charge in [0, 0.05) is 62.5 Å². The van der Waals surface area contributed by atoms with Gasteiger partial charge in [0.05, 0.1) is 0 Å². The average molecular weight is 524 g/mol. The minimum Gasteiger partial charge on any atom is -0.478 e. The minimum absolute atomic E-state index is 0.0784. The zero-order chi connectivity index (χ0) is 27.4. The van der Waals surface area contributed by atoms with Crippen molar-refractivity contribution in [1.29, 1.82) is 0 Å². The molecule has 0 radical (unpaired) electrons. The molecule has 1 aliphatic rings. The fourth-order valence-corrected chi connectivity index (χ4v) is 3.60. The smallest absolute Gasteiger partial charge is 0.478 e. The van der Waals surface area contributed by atoms with Crippen molar-refractivity contribution < 1.29 is 42.5 Å². The third kappa shape index (κ3) is 11.0. The molecule has 3 rings (SSSR count).